The summed E-state index contributed by atoms with van der Waals surface area (Å²) >= 11 is 0. The summed E-state index contributed by atoms with van der Waals surface area (Å²) in [4.78, 5) is 4.34. The van der Waals surface area contributed by atoms with E-state index in [9.17, 15) is 0 Å². The Morgan fingerprint density at radius 3 is 3.20 bits per heavy atom. The van der Waals surface area contributed by atoms with Crippen LogP contribution in [-0.2, 0) is 19.6 Å². The van der Waals surface area contributed by atoms with Crippen LogP contribution in [0.3, 0.4) is 0 Å². The van der Waals surface area contributed by atoms with Crippen molar-refractivity contribution in [3.63, 3.8) is 0 Å². The molecular weight excluding hydrogens is 250 g/mol. The third kappa shape index (κ3) is 2.43. The highest BCUT2D eigenvalue weighted by atomic mass is 16.5. The fraction of sp³-hybridized carbons (Fsp3) is 0.438. The molecule has 1 aliphatic carbocycles. The summed E-state index contributed by atoms with van der Waals surface area (Å²) in [5.74, 6) is 1.92. The van der Waals surface area contributed by atoms with Crippen LogP contribution in [0.4, 0.5) is 0 Å². The van der Waals surface area contributed by atoms with Gasteiger partial charge < -0.3 is 15.0 Å². The molecule has 0 saturated heterocycles. The Hall–Kier alpha value is -1.81. The van der Waals surface area contributed by atoms with E-state index in [1.54, 1.807) is 0 Å². The molecule has 2 aromatic rings. The predicted molar refractivity (Wildman–Crippen MR) is 78.5 cm³/mol. The molecule has 2 N–H and O–H groups in total. The van der Waals surface area contributed by atoms with Crippen molar-refractivity contribution in [2.24, 2.45) is 5.73 Å². The maximum Gasteiger partial charge on any atom is 0.146 e. The van der Waals surface area contributed by atoms with Crippen LogP contribution in [0.15, 0.2) is 30.6 Å². The fourth-order valence-corrected chi connectivity index (χ4v) is 2.90. The standard InChI is InChI=1S/C16H21N3O/c1-2-19-10-9-18-16(19)11-20-15-8-4-5-12-13(15)6-3-7-14(12)17/h4-5,8-10,14H,2-3,6-7,11,17H2,1H3. The topological polar surface area (TPSA) is 53.1 Å². The highest BCUT2D eigenvalue weighted by Crippen LogP contribution is 2.34. The van der Waals surface area contributed by atoms with Crippen LogP contribution in [0, 0.1) is 0 Å². The van der Waals surface area contributed by atoms with Gasteiger partial charge in [0.1, 0.15) is 18.2 Å². The Balaban J connectivity index is 1.80. The number of ether oxygens (including phenoxy) is 1. The number of nitrogens with zero attached hydrogens (tertiary/aromatic N) is 2. The van der Waals surface area contributed by atoms with Crippen molar-refractivity contribution < 1.29 is 4.74 Å². The van der Waals surface area contributed by atoms with Gasteiger partial charge in [-0.3, -0.25) is 0 Å². The predicted octanol–water partition coefficient (Wildman–Crippen LogP) is 2.82. The van der Waals surface area contributed by atoms with Gasteiger partial charge in [-0.2, -0.15) is 0 Å². The SMILES string of the molecule is CCn1ccnc1COc1cccc2c1CCCC2N. The van der Waals surface area contributed by atoms with Gasteiger partial charge in [-0.25, -0.2) is 4.98 Å². The quantitative estimate of drug-likeness (QED) is 0.930. The number of fused-ring (bicyclic) bond motifs is 1. The molecule has 0 saturated carbocycles. The molecule has 106 valence electrons. The first kappa shape index (κ1) is 13.2. The maximum atomic E-state index is 6.18. The summed E-state index contributed by atoms with van der Waals surface area (Å²) in [6.07, 6.45) is 7.06. The van der Waals surface area contributed by atoms with Crippen molar-refractivity contribution in [1.82, 2.24) is 9.55 Å². The molecule has 0 radical (unpaired) electrons. The number of benzene rings is 1. The Morgan fingerprint density at radius 1 is 1.45 bits per heavy atom. The molecular formula is C16H21N3O. The Morgan fingerprint density at radius 2 is 2.35 bits per heavy atom. The maximum absolute atomic E-state index is 6.18. The summed E-state index contributed by atoms with van der Waals surface area (Å²) < 4.78 is 8.10. The minimum absolute atomic E-state index is 0.153. The van der Waals surface area contributed by atoms with E-state index < -0.39 is 0 Å². The normalized spacial score (nSPS) is 17.8. The highest BCUT2D eigenvalue weighted by molar-refractivity contribution is 5.43. The Bertz CT molecular complexity index is 591. The Labute approximate surface area is 119 Å². The molecule has 1 aromatic heterocycles. The van der Waals surface area contributed by atoms with Gasteiger partial charge in [0.25, 0.3) is 0 Å². The smallest absolute Gasteiger partial charge is 0.146 e. The first-order chi connectivity index (χ1) is 9.79. The van der Waals surface area contributed by atoms with Crippen LogP contribution in [0.1, 0.15) is 42.8 Å². The minimum Gasteiger partial charge on any atom is -0.485 e. The van der Waals surface area contributed by atoms with Crippen LogP contribution < -0.4 is 10.5 Å². The van der Waals surface area contributed by atoms with E-state index in [4.69, 9.17) is 10.5 Å². The molecule has 4 nitrogen and oxygen atoms in total. The molecule has 1 heterocycles. The largest absolute Gasteiger partial charge is 0.485 e. The summed E-state index contributed by atoms with van der Waals surface area (Å²) in [7, 11) is 0. The molecule has 1 aliphatic rings. The minimum atomic E-state index is 0.153. The third-order valence-electron chi connectivity index (χ3n) is 4.01. The molecule has 0 spiro atoms. The summed E-state index contributed by atoms with van der Waals surface area (Å²) in [5.41, 5.74) is 8.70. The fourth-order valence-electron chi connectivity index (χ4n) is 2.90. The lowest BCUT2D eigenvalue weighted by molar-refractivity contribution is 0.285. The van der Waals surface area contributed by atoms with Crippen molar-refractivity contribution in [2.75, 3.05) is 0 Å². The average Bonchev–Trinajstić information content (AvgIpc) is 2.93. The highest BCUT2D eigenvalue weighted by Gasteiger charge is 2.20. The van der Waals surface area contributed by atoms with Crippen LogP contribution in [0.25, 0.3) is 0 Å². The van der Waals surface area contributed by atoms with Gasteiger partial charge in [0.05, 0.1) is 0 Å². The molecule has 0 fully saturated rings. The second-order valence-corrected chi connectivity index (χ2v) is 5.24. The second kappa shape index (κ2) is 5.67. The van der Waals surface area contributed by atoms with Crippen molar-refractivity contribution in [3.05, 3.63) is 47.5 Å². The number of hydrogen-bond donors (Lipinski definition) is 1. The van der Waals surface area contributed by atoms with Crippen LogP contribution in [0.2, 0.25) is 0 Å². The van der Waals surface area contributed by atoms with Crippen molar-refractivity contribution in [1.29, 1.82) is 0 Å². The van der Waals surface area contributed by atoms with Gasteiger partial charge in [-0.15, -0.1) is 0 Å². The number of aromatic nitrogens is 2. The number of hydrogen-bond acceptors (Lipinski definition) is 3. The van der Waals surface area contributed by atoms with Crippen LogP contribution in [-0.4, -0.2) is 9.55 Å². The number of aryl methyl sites for hydroxylation is 1. The summed E-state index contributed by atoms with van der Waals surface area (Å²) in [5, 5.41) is 0. The molecule has 20 heavy (non-hydrogen) atoms. The zero-order valence-electron chi connectivity index (χ0n) is 11.9. The van der Waals surface area contributed by atoms with Crippen molar-refractivity contribution >= 4 is 0 Å². The van der Waals surface area contributed by atoms with Gasteiger partial charge >= 0.3 is 0 Å². The van der Waals surface area contributed by atoms with E-state index in [-0.39, 0.29) is 6.04 Å². The molecule has 1 unspecified atom stereocenters. The zero-order chi connectivity index (χ0) is 13.9. The lowest BCUT2D eigenvalue weighted by Gasteiger charge is -2.24. The third-order valence-corrected chi connectivity index (χ3v) is 4.01. The number of rotatable bonds is 4. The molecule has 0 amide bonds. The first-order valence-electron chi connectivity index (χ1n) is 7.29. The zero-order valence-corrected chi connectivity index (χ0v) is 11.9. The van der Waals surface area contributed by atoms with E-state index in [1.165, 1.54) is 11.1 Å². The molecule has 0 aliphatic heterocycles. The lowest BCUT2D eigenvalue weighted by atomic mass is 9.88. The van der Waals surface area contributed by atoms with E-state index in [2.05, 4.69) is 22.5 Å². The van der Waals surface area contributed by atoms with Gasteiger partial charge in [0.15, 0.2) is 0 Å². The number of imidazole rings is 1. The Kier molecular flexibility index (Phi) is 3.74. The molecule has 1 atom stereocenters. The van der Waals surface area contributed by atoms with Gasteiger partial charge in [-0.1, -0.05) is 12.1 Å². The van der Waals surface area contributed by atoms with Gasteiger partial charge in [0.2, 0.25) is 0 Å². The number of nitrogens with two attached hydrogens (primary N) is 1. The van der Waals surface area contributed by atoms with E-state index >= 15 is 0 Å². The average molecular weight is 271 g/mol. The van der Waals surface area contributed by atoms with Crippen molar-refractivity contribution in [2.45, 2.75) is 45.4 Å². The molecule has 3 rings (SSSR count). The lowest BCUT2D eigenvalue weighted by Crippen LogP contribution is -2.18. The van der Waals surface area contributed by atoms with Crippen LogP contribution >= 0.6 is 0 Å². The molecule has 4 heteroatoms. The van der Waals surface area contributed by atoms with E-state index in [0.717, 1.165) is 37.4 Å². The molecule has 0 bridgehead atoms. The monoisotopic (exact) mass is 271 g/mol. The van der Waals surface area contributed by atoms with E-state index in [1.807, 2.05) is 24.5 Å². The first-order valence-corrected chi connectivity index (χ1v) is 7.29. The second-order valence-electron chi connectivity index (χ2n) is 5.24. The summed E-state index contributed by atoms with van der Waals surface area (Å²) in [6.45, 7) is 3.53. The van der Waals surface area contributed by atoms with E-state index in [0.29, 0.717) is 6.61 Å². The van der Waals surface area contributed by atoms with Crippen LogP contribution in [0.5, 0.6) is 5.75 Å². The van der Waals surface area contributed by atoms with Gasteiger partial charge in [-0.05, 0) is 43.4 Å². The molecule has 1 aromatic carbocycles. The summed E-state index contributed by atoms with van der Waals surface area (Å²) in [6, 6.07) is 6.35. The van der Waals surface area contributed by atoms with Crippen molar-refractivity contribution in [3.8, 4) is 5.75 Å². The van der Waals surface area contributed by atoms with Gasteiger partial charge in [0, 0.05) is 25.0 Å².